The number of rotatable bonds is 6. The van der Waals surface area contributed by atoms with Crippen molar-refractivity contribution in [2.75, 3.05) is 39.4 Å². The maximum absolute atomic E-state index is 14.2. The van der Waals surface area contributed by atoms with Crippen LogP contribution in [0, 0.1) is 5.82 Å². The van der Waals surface area contributed by atoms with Crippen molar-refractivity contribution in [2.45, 2.75) is 6.54 Å². The second-order valence-corrected chi connectivity index (χ2v) is 9.18. The van der Waals surface area contributed by atoms with Crippen LogP contribution in [0.2, 0.25) is 0 Å². The van der Waals surface area contributed by atoms with E-state index in [1.807, 2.05) is 22.8 Å². The molecule has 3 aromatic rings. The molecule has 1 amide bonds. The third-order valence-corrected chi connectivity index (χ3v) is 6.47. The van der Waals surface area contributed by atoms with Gasteiger partial charge in [0.25, 0.3) is 5.91 Å². The number of benzene rings is 1. The molecule has 0 spiro atoms. The number of thiophene rings is 1. The van der Waals surface area contributed by atoms with Crippen LogP contribution in [-0.2, 0) is 11.3 Å². The number of amides is 1. The Labute approximate surface area is 175 Å². The highest BCUT2D eigenvalue weighted by Gasteiger charge is 2.19. The topological polar surface area (TPSA) is 46.5 Å². The first-order valence-corrected chi connectivity index (χ1v) is 10.8. The first kappa shape index (κ1) is 19.6. The van der Waals surface area contributed by atoms with E-state index in [-0.39, 0.29) is 11.7 Å². The maximum atomic E-state index is 14.2. The van der Waals surface area contributed by atoms with E-state index in [2.05, 4.69) is 26.1 Å². The van der Waals surface area contributed by atoms with Crippen LogP contribution in [0.3, 0.4) is 0 Å². The van der Waals surface area contributed by atoms with Crippen LogP contribution < -0.4 is 5.32 Å². The van der Waals surface area contributed by atoms with E-state index in [1.54, 1.807) is 23.5 Å². The molecule has 0 atom stereocenters. The third-order valence-electron chi connectivity index (χ3n) is 4.90. The van der Waals surface area contributed by atoms with E-state index in [9.17, 15) is 9.18 Å². The molecule has 8 heteroatoms. The molecule has 1 saturated heterocycles. The minimum absolute atomic E-state index is 0.135. The molecule has 1 aliphatic rings. The average molecular weight is 466 g/mol. The molecular weight excluding hydrogens is 445 g/mol. The minimum atomic E-state index is -0.266. The SMILES string of the molecule is O=C(NCCN1CCOCC1)c1cc2sc(Br)cc2n1Cc1ccccc1F. The Morgan fingerprint density at radius 2 is 2.04 bits per heavy atom. The van der Waals surface area contributed by atoms with Crippen LogP contribution in [0.5, 0.6) is 0 Å². The lowest BCUT2D eigenvalue weighted by atomic mass is 10.2. The fourth-order valence-corrected chi connectivity index (χ4v) is 4.97. The molecule has 0 bridgehead atoms. The van der Waals surface area contributed by atoms with Crippen molar-refractivity contribution < 1.29 is 13.9 Å². The molecule has 4 rings (SSSR count). The lowest BCUT2D eigenvalue weighted by Crippen LogP contribution is -2.41. The third kappa shape index (κ3) is 4.30. The number of ether oxygens (including phenoxy) is 1. The van der Waals surface area contributed by atoms with Crippen molar-refractivity contribution >= 4 is 43.4 Å². The van der Waals surface area contributed by atoms with E-state index in [4.69, 9.17) is 4.74 Å². The van der Waals surface area contributed by atoms with Gasteiger partial charge in [-0.1, -0.05) is 18.2 Å². The summed E-state index contributed by atoms with van der Waals surface area (Å²) >= 11 is 5.07. The average Bonchev–Trinajstić information content (AvgIpc) is 3.21. The fourth-order valence-electron chi connectivity index (χ4n) is 3.41. The first-order chi connectivity index (χ1) is 13.6. The number of aromatic nitrogens is 1. The summed E-state index contributed by atoms with van der Waals surface area (Å²) in [6, 6.07) is 10.5. The lowest BCUT2D eigenvalue weighted by Gasteiger charge is -2.26. The Balaban J connectivity index is 1.53. The normalized spacial score (nSPS) is 15.2. The number of halogens is 2. The number of nitrogens with one attached hydrogen (secondary N) is 1. The quantitative estimate of drug-likeness (QED) is 0.603. The molecule has 1 aliphatic heterocycles. The van der Waals surface area contributed by atoms with Gasteiger partial charge in [-0.2, -0.15) is 0 Å². The second kappa shape index (κ2) is 8.73. The molecule has 1 aromatic carbocycles. The molecule has 5 nitrogen and oxygen atoms in total. The zero-order valence-corrected chi connectivity index (χ0v) is 17.7. The molecule has 0 unspecified atom stereocenters. The number of carbonyl (C=O) groups excluding carboxylic acids is 1. The molecule has 28 heavy (non-hydrogen) atoms. The van der Waals surface area contributed by atoms with Gasteiger partial charge in [0.15, 0.2) is 0 Å². The number of hydrogen-bond donors (Lipinski definition) is 1. The molecule has 1 N–H and O–H groups in total. The summed E-state index contributed by atoms with van der Waals surface area (Å²) in [6.45, 7) is 4.94. The number of carbonyl (C=O) groups is 1. The maximum Gasteiger partial charge on any atom is 0.268 e. The van der Waals surface area contributed by atoms with E-state index in [0.29, 0.717) is 24.3 Å². The van der Waals surface area contributed by atoms with Gasteiger partial charge >= 0.3 is 0 Å². The molecule has 0 saturated carbocycles. The van der Waals surface area contributed by atoms with Gasteiger partial charge in [-0.25, -0.2) is 4.39 Å². The van der Waals surface area contributed by atoms with Gasteiger partial charge < -0.3 is 14.6 Å². The van der Waals surface area contributed by atoms with Crippen LogP contribution in [0.4, 0.5) is 4.39 Å². The van der Waals surface area contributed by atoms with Gasteiger partial charge in [0.05, 0.1) is 33.8 Å². The standard InChI is InChI=1S/C20H21BrFN3O2S/c21-19-12-16-18(28-19)11-17(25(16)13-14-3-1-2-4-15(14)22)20(26)23-5-6-24-7-9-27-10-8-24/h1-4,11-12H,5-10,13H2,(H,23,26). The number of fused-ring (bicyclic) bond motifs is 1. The van der Waals surface area contributed by atoms with Gasteiger partial charge in [0.2, 0.25) is 0 Å². The summed E-state index contributed by atoms with van der Waals surface area (Å²) in [5, 5.41) is 3.01. The first-order valence-electron chi connectivity index (χ1n) is 9.22. The van der Waals surface area contributed by atoms with Crippen molar-refractivity contribution in [3.05, 3.63) is 57.3 Å². The summed E-state index contributed by atoms with van der Waals surface area (Å²) < 4.78 is 23.4. The molecule has 1 fully saturated rings. The molecular formula is C20H21BrFN3O2S. The van der Waals surface area contributed by atoms with Gasteiger partial charge in [0.1, 0.15) is 11.5 Å². The minimum Gasteiger partial charge on any atom is -0.379 e. The Kier molecular flexibility index (Phi) is 6.10. The predicted octanol–water partition coefficient (Wildman–Crippen LogP) is 3.71. The predicted molar refractivity (Wildman–Crippen MR) is 113 cm³/mol. The summed E-state index contributed by atoms with van der Waals surface area (Å²) in [6.07, 6.45) is 0. The van der Waals surface area contributed by atoms with Gasteiger partial charge in [0, 0.05) is 31.7 Å². The van der Waals surface area contributed by atoms with Crippen molar-refractivity contribution in [3.63, 3.8) is 0 Å². The summed E-state index contributed by atoms with van der Waals surface area (Å²) in [5.41, 5.74) is 2.04. The van der Waals surface area contributed by atoms with E-state index in [1.165, 1.54) is 6.07 Å². The lowest BCUT2D eigenvalue weighted by molar-refractivity contribution is 0.0383. The van der Waals surface area contributed by atoms with Crippen LogP contribution in [0.25, 0.3) is 10.2 Å². The fraction of sp³-hybridized carbons (Fsp3) is 0.350. The summed E-state index contributed by atoms with van der Waals surface area (Å²) in [7, 11) is 0. The monoisotopic (exact) mass is 465 g/mol. The van der Waals surface area contributed by atoms with Crippen molar-refractivity contribution in [1.82, 2.24) is 14.8 Å². The zero-order valence-electron chi connectivity index (χ0n) is 15.3. The Bertz CT molecular complexity index is 981. The van der Waals surface area contributed by atoms with Crippen LogP contribution in [0.1, 0.15) is 16.1 Å². The Morgan fingerprint density at radius 1 is 1.25 bits per heavy atom. The van der Waals surface area contributed by atoms with Gasteiger partial charge in [-0.15, -0.1) is 11.3 Å². The van der Waals surface area contributed by atoms with Crippen LogP contribution >= 0.6 is 27.3 Å². The smallest absolute Gasteiger partial charge is 0.268 e. The van der Waals surface area contributed by atoms with Crippen LogP contribution in [0.15, 0.2) is 40.2 Å². The van der Waals surface area contributed by atoms with Crippen LogP contribution in [-0.4, -0.2) is 54.8 Å². The Hall–Kier alpha value is -1.74. The van der Waals surface area contributed by atoms with E-state index < -0.39 is 0 Å². The Morgan fingerprint density at radius 3 is 2.82 bits per heavy atom. The molecule has 0 radical (unpaired) electrons. The van der Waals surface area contributed by atoms with E-state index in [0.717, 1.165) is 46.9 Å². The van der Waals surface area contributed by atoms with Gasteiger partial charge in [-0.05, 0) is 34.1 Å². The highest BCUT2D eigenvalue weighted by Crippen LogP contribution is 2.33. The molecule has 0 aliphatic carbocycles. The number of hydrogen-bond acceptors (Lipinski definition) is 4. The molecule has 2 aromatic heterocycles. The largest absolute Gasteiger partial charge is 0.379 e. The highest BCUT2D eigenvalue weighted by molar-refractivity contribution is 9.11. The van der Waals surface area contributed by atoms with E-state index >= 15 is 0 Å². The zero-order chi connectivity index (χ0) is 19.5. The number of nitrogens with zero attached hydrogens (tertiary/aromatic N) is 2. The summed E-state index contributed by atoms with van der Waals surface area (Å²) in [4.78, 5) is 15.1. The van der Waals surface area contributed by atoms with Crippen molar-refractivity contribution in [2.24, 2.45) is 0 Å². The van der Waals surface area contributed by atoms with Crippen molar-refractivity contribution in [3.8, 4) is 0 Å². The summed E-state index contributed by atoms with van der Waals surface area (Å²) in [5.74, 6) is -0.401. The van der Waals surface area contributed by atoms with Crippen molar-refractivity contribution in [1.29, 1.82) is 0 Å². The second-order valence-electron chi connectivity index (χ2n) is 6.72. The number of morpholine rings is 1. The molecule has 3 heterocycles. The highest BCUT2D eigenvalue weighted by atomic mass is 79.9. The van der Waals surface area contributed by atoms with Gasteiger partial charge in [-0.3, -0.25) is 9.69 Å². The molecule has 148 valence electrons.